The molecule has 0 bridgehead atoms. The fourth-order valence-electron chi connectivity index (χ4n) is 4.38. The third kappa shape index (κ3) is 3.58. The summed E-state index contributed by atoms with van der Waals surface area (Å²) < 4.78 is 29.5. The zero-order valence-electron chi connectivity index (χ0n) is 18.6. The van der Waals surface area contributed by atoms with E-state index >= 15 is 0 Å². The lowest BCUT2D eigenvalue weighted by Crippen LogP contribution is -2.36. The van der Waals surface area contributed by atoms with Gasteiger partial charge in [-0.2, -0.15) is 0 Å². The van der Waals surface area contributed by atoms with Crippen LogP contribution in [0.15, 0.2) is 68.4 Å². The highest BCUT2D eigenvalue weighted by Gasteiger charge is 2.30. The SMILES string of the molecule is CC(C)(O)c1scc2[nH]c(=O)n(-c3cccc(S(=O)(=O)N4CCCc5ccccc54)c3)c(=O)c12. The van der Waals surface area contributed by atoms with Gasteiger partial charge >= 0.3 is 5.69 Å². The molecular weight excluding hydrogens is 474 g/mol. The molecule has 2 aromatic heterocycles. The Morgan fingerprint density at radius 1 is 1.09 bits per heavy atom. The number of anilines is 1. The standard InChI is InChI=1S/C24H23N3O5S2/c1-24(2,30)21-20-18(14-33-21)25-23(29)27(22(20)28)16-9-5-10-17(13-16)34(31,32)26-12-6-8-15-7-3-4-11-19(15)26/h3-5,7,9-11,13-14,30H,6,8,12H2,1-2H3,(H,25,29). The van der Waals surface area contributed by atoms with Gasteiger partial charge in [-0.3, -0.25) is 9.10 Å². The van der Waals surface area contributed by atoms with E-state index in [9.17, 15) is 23.1 Å². The van der Waals surface area contributed by atoms with Crippen LogP contribution in [-0.2, 0) is 22.0 Å². The lowest BCUT2D eigenvalue weighted by atomic mass is 10.0. The van der Waals surface area contributed by atoms with Crippen LogP contribution in [-0.4, -0.2) is 29.6 Å². The molecule has 0 amide bonds. The number of aryl methyl sites for hydroxylation is 1. The van der Waals surface area contributed by atoms with Crippen LogP contribution < -0.4 is 15.6 Å². The van der Waals surface area contributed by atoms with Crippen LogP contribution in [0.3, 0.4) is 0 Å². The molecule has 1 aliphatic rings. The summed E-state index contributed by atoms with van der Waals surface area (Å²) in [5.41, 5.74) is -0.513. The summed E-state index contributed by atoms with van der Waals surface area (Å²) in [5, 5.41) is 12.3. The van der Waals surface area contributed by atoms with Gasteiger partial charge in [-0.15, -0.1) is 11.3 Å². The predicted octanol–water partition coefficient (Wildman–Crippen LogP) is 3.11. The van der Waals surface area contributed by atoms with E-state index in [1.165, 1.54) is 39.9 Å². The van der Waals surface area contributed by atoms with Crippen molar-refractivity contribution in [1.82, 2.24) is 9.55 Å². The van der Waals surface area contributed by atoms with E-state index in [0.717, 1.165) is 16.6 Å². The highest BCUT2D eigenvalue weighted by Crippen LogP contribution is 2.33. The number of benzene rings is 2. The number of para-hydroxylation sites is 1. The van der Waals surface area contributed by atoms with Crippen LogP contribution in [0.25, 0.3) is 16.6 Å². The van der Waals surface area contributed by atoms with E-state index in [1.54, 1.807) is 31.4 Å². The summed E-state index contributed by atoms with van der Waals surface area (Å²) in [5.74, 6) is 0. The van der Waals surface area contributed by atoms with Gasteiger partial charge in [0.25, 0.3) is 15.6 Å². The van der Waals surface area contributed by atoms with E-state index < -0.39 is 26.9 Å². The Morgan fingerprint density at radius 3 is 2.62 bits per heavy atom. The highest BCUT2D eigenvalue weighted by molar-refractivity contribution is 7.92. The molecule has 1 aliphatic heterocycles. The molecule has 10 heteroatoms. The number of hydrogen-bond acceptors (Lipinski definition) is 6. The molecular formula is C24H23N3O5S2. The van der Waals surface area contributed by atoms with Crippen LogP contribution in [0, 0.1) is 0 Å². The van der Waals surface area contributed by atoms with E-state index in [-0.39, 0.29) is 16.0 Å². The first kappa shape index (κ1) is 22.6. The number of nitrogens with zero attached hydrogens (tertiary/aromatic N) is 2. The summed E-state index contributed by atoms with van der Waals surface area (Å²) in [6.45, 7) is 3.48. The fraction of sp³-hybridized carbons (Fsp3) is 0.250. The number of aromatic nitrogens is 2. The summed E-state index contributed by atoms with van der Waals surface area (Å²) in [7, 11) is -3.93. The van der Waals surface area contributed by atoms with Crippen LogP contribution in [0.5, 0.6) is 0 Å². The zero-order valence-corrected chi connectivity index (χ0v) is 20.2. The van der Waals surface area contributed by atoms with Crippen LogP contribution in [0.2, 0.25) is 0 Å². The molecule has 0 saturated heterocycles. The van der Waals surface area contributed by atoms with Crippen molar-refractivity contribution >= 4 is 38.0 Å². The van der Waals surface area contributed by atoms with Gasteiger partial charge in [0.1, 0.15) is 0 Å². The number of nitrogens with one attached hydrogen (secondary N) is 1. The van der Waals surface area contributed by atoms with Gasteiger partial charge in [-0.05, 0) is 56.5 Å². The third-order valence-electron chi connectivity index (χ3n) is 5.94. The van der Waals surface area contributed by atoms with Gasteiger partial charge in [-0.25, -0.2) is 17.8 Å². The Balaban J connectivity index is 1.67. The topological polar surface area (TPSA) is 112 Å². The largest absolute Gasteiger partial charge is 0.385 e. The second-order valence-corrected chi connectivity index (χ2v) is 11.5. The molecule has 3 heterocycles. The molecule has 4 aromatic rings. The first-order valence-corrected chi connectivity index (χ1v) is 13.1. The number of thiophene rings is 1. The molecule has 0 unspecified atom stereocenters. The van der Waals surface area contributed by atoms with Crippen molar-refractivity contribution in [2.45, 2.75) is 37.2 Å². The highest BCUT2D eigenvalue weighted by atomic mass is 32.2. The van der Waals surface area contributed by atoms with Gasteiger partial charge in [0.2, 0.25) is 0 Å². The zero-order chi connectivity index (χ0) is 24.3. The van der Waals surface area contributed by atoms with E-state index in [2.05, 4.69) is 4.98 Å². The number of hydrogen-bond donors (Lipinski definition) is 2. The Bertz CT molecular complexity index is 1640. The molecule has 0 atom stereocenters. The average Bonchev–Trinajstić information content (AvgIpc) is 3.23. The second kappa shape index (κ2) is 7.93. The number of aromatic amines is 1. The quantitative estimate of drug-likeness (QED) is 0.450. The third-order valence-corrected chi connectivity index (χ3v) is 9.04. The van der Waals surface area contributed by atoms with E-state index in [0.29, 0.717) is 29.0 Å². The van der Waals surface area contributed by atoms with E-state index in [1.807, 2.05) is 12.1 Å². The van der Waals surface area contributed by atoms with E-state index in [4.69, 9.17) is 0 Å². The maximum atomic E-state index is 13.6. The van der Waals surface area contributed by atoms with Crippen LogP contribution >= 0.6 is 11.3 Å². The lowest BCUT2D eigenvalue weighted by Gasteiger charge is -2.30. The first-order chi connectivity index (χ1) is 16.1. The summed E-state index contributed by atoms with van der Waals surface area (Å²) in [6.07, 6.45) is 1.50. The summed E-state index contributed by atoms with van der Waals surface area (Å²) >= 11 is 1.18. The van der Waals surface area contributed by atoms with Crippen molar-refractivity contribution in [2.75, 3.05) is 10.8 Å². The molecule has 0 spiro atoms. The molecule has 0 radical (unpaired) electrons. The Kier molecular flexibility index (Phi) is 5.27. The van der Waals surface area contributed by atoms with Gasteiger partial charge in [0.05, 0.1) is 37.7 Å². The van der Waals surface area contributed by atoms with Crippen molar-refractivity contribution < 1.29 is 13.5 Å². The van der Waals surface area contributed by atoms with Crippen molar-refractivity contribution in [2.24, 2.45) is 0 Å². The monoisotopic (exact) mass is 497 g/mol. The molecule has 176 valence electrons. The first-order valence-electron chi connectivity index (χ1n) is 10.8. The number of sulfonamides is 1. The van der Waals surface area contributed by atoms with Crippen LogP contribution in [0.1, 0.15) is 30.7 Å². The lowest BCUT2D eigenvalue weighted by molar-refractivity contribution is 0.0839. The Morgan fingerprint density at radius 2 is 1.85 bits per heavy atom. The van der Waals surface area contributed by atoms with Crippen LogP contribution in [0.4, 0.5) is 5.69 Å². The molecule has 34 heavy (non-hydrogen) atoms. The minimum atomic E-state index is -3.93. The molecule has 2 aromatic carbocycles. The summed E-state index contributed by atoms with van der Waals surface area (Å²) in [6, 6.07) is 13.2. The average molecular weight is 498 g/mol. The van der Waals surface area contributed by atoms with Gasteiger partial charge in [-0.1, -0.05) is 24.3 Å². The summed E-state index contributed by atoms with van der Waals surface area (Å²) in [4.78, 5) is 29.3. The maximum absolute atomic E-state index is 13.6. The Hall–Kier alpha value is -3.21. The number of aliphatic hydroxyl groups is 1. The number of H-pyrrole nitrogens is 1. The molecule has 8 nitrogen and oxygen atoms in total. The minimum absolute atomic E-state index is 0.0128. The predicted molar refractivity (Wildman–Crippen MR) is 133 cm³/mol. The fourth-order valence-corrected chi connectivity index (χ4v) is 6.98. The minimum Gasteiger partial charge on any atom is -0.385 e. The van der Waals surface area contributed by atoms with Gasteiger partial charge < -0.3 is 10.1 Å². The molecule has 5 rings (SSSR count). The van der Waals surface area contributed by atoms with Crippen molar-refractivity contribution in [3.8, 4) is 5.69 Å². The maximum Gasteiger partial charge on any atom is 0.333 e. The molecule has 2 N–H and O–H groups in total. The van der Waals surface area contributed by atoms with Crippen molar-refractivity contribution in [1.29, 1.82) is 0 Å². The van der Waals surface area contributed by atoms with Crippen molar-refractivity contribution in [3.05, 3.63) is 85.2 Å². The Labute approximate surface area is 199 Å². The molecule has 0 saturated carbocycles. The van der Waals surface area contributed by atoms with Gasteiger partial charge in [0, 0.05) is 11.9 Å². The van der Waals surface area contributed by atoms with Gasteiger partial charge in [0.15, 0.2) is 0 Å². The normalized spacial score (nSPS) is 14.4. The second-order valence-electron chi connectivity index (χ2n) is 8.79. The molecule has 0 aliphatic carbocycles. The number of rotatable bonds is 4. The van der Waals surface area contributed by atoms with Crippen molar-refractivity contribution in [3.63, 3.8) is 0 Å². The molecule has 0 fully saturated rings. The number of fused-ring (bicyclic) bond motifs is 2. The smallest absolute Gasteiger partial charge is 0.333 e.